The number of nitrogens with zero attached hydrogens (tertiary/aromatic N) is 3. The summed E-state index contributed by atoms with van der Waals surface area (Å²) in [7, 11) is 1.63. The van der Waals surface area contributed by atoms with Crippen molar-refractivity contribution in [2.24, 2.45) is 5.92 Å². The van der Waals surface area contributed by atoms with Gasteiger partial charge in [0.2, 0.25) is 5.91 Å². The lowest BCUT2D eigenvalue weighted by Gasteiger charge is -2.42. The van der Waals surface area contributed by atoms with Gasteiger partial charge >= 0.3 is 0 Å². The topological polar surface area (TPSA) is 85.7 Å². The van der Waals surface area contributed by atoms with Gasteiger partial charge < -0.3 is 15.0 Å². The van der Waals surface area contributed by atoms with Crippen LogP contribution in [-0.2, 0) is 9.53 Å². The Hall–Kier alpha value is -2.43. The Morgan fingerprint density at radius 3 is 2.69 bits per heavy atom. The fourth-order valence-corrected chi connectivity index (χ4v) is 4.34. The molecule has 2 heterocycles. The Bertz CT molecular complexity index is 753. The lowest BCUT2D eigenvalue weighted by atomic mass is 9.93. The Morgan fingerprint density at radius 2 is 1.97 bits per heavy atom. The molecule has 0 radical (unpaired) electrons. The van der Waals surface area contributed by atoms with Crippen LogP contribution >= 0.6 is 0 Å². The third-order valence-corrected chi connectivity index (χ3v) is 5.98. The average molecular weight is 399 g/mol. The van der Waals surface area contributed by atoms with Crippen molar-refractivity contribution in [2.75, 3.05) is 46.4 Å². The van der Waals surface area contributed by atoms with Crippen molar-refractivity contribution in [1.82, 2.24) is 15.1 Å². The van der Waals surface area contributed by atoms with Crippen molar-refractivity contribution in [2.45, 2.75) is 31.7 Å². The van der Waals surface area contributed by atoms with Gasteiger partial charge in [0.25, 0.3) is 5.91 Å². The number of ether oxygens (including phenoxy) is 1. The van der Waals surface area contributed by atoms with Crippen molar-refractivity contribution in [3.8, 4) is 6.07 Å². The maximum Gasteiger partial charge on any atom is 0.255 e. The Labute approximate surface area is 172 Å². The van der Waals surface area contributed by atoms with Crippen LogP contribution in [0.1, 0.15) is 41.6 Å². The summed E-state index contributed by atoms with van der Waals surface area (Å²) < 4.78 is 5.00. The standard InChI is InChI=1S/C22H30N4O3/c1-29-14-10-24-21(27)18-6-4-11-26(16-18)19-8-12-25(13-9-19)22(28)20-7-3-2-5-17(20)15-23/h2-3,5,7,18-19H,4,6,8-14,16H2,1H3,(H,24,27)/t18-/m1/s1. The number of nitrogens with one attached hydrogen (secondary N) is 1. The van der Waals surface area contributed by atoms with Crippen molar-refractivity contribution >= 4 is 11.8 Å². The van der Waals surface area contributed by atoms with Gasteiger partial charge in [-0.2, -0.15) is 5.26 Å². The second-order valence-corrected chi connectivity index (χ2v) is 7.80. The molecule has 3 rings (SSSR count). The number of carbonyl (C=O) groups excluding carboxylic acids is 2. The smallest absolute Gasteiger partial charge is 0.255 e. The van der Waals surface area contributed by atoms with Gasteiger partial charge in [-0.3, -0.25) is 14.5 Å². The molecule has 2 aliphatic rings. The first-order chi connectivity index (χ1) is 14.1. The van der Waals surface area contributed by atoms with E-state index >= 15 is 0 Å². The quantitative estimate of drug-likeness (QED) is 0.737. The average Bonchev–Trinajstić information content (AvgIpc) is 2.79. The summed E-state index contributed by atoms with van der Waals surface area (Å²) in [6.45, 7) is 4.25. The number of likely N-dealkylation sites (tertiary alicyclic amines) is 2. The number of rotatable bonds is 6. The Balaban J connectivity index is 1.52. The summed E-state index contributed by atoms with van der Waals surface area (Å²) in [6.07, 6.45) is 3.76. The van der Waals surface area contributed by atoms with E-state index in [1.54, 1.807) is 31.4 Å². The highest BCUT2D eigenvalue weighted by Crippen LogP contribution is 2.25. The van der Waals surface area contributed by atoms with E-state index in [0.29, 0.717) is 43.4 Å². The monoisotopic (exact) mass is 398 g/mol. The van der Waals surface area contributed by atoms with Gasteiger partial charge in [-0.25, -0.2) is 0 Å². The molecule has 156 valence electrons. The number of hydrogen-bond acceptors (Lipinski definition) is 5. The van der Waals surface area contributed by atoms with Gasteiger partial charge in [-0.05, 0) is 44.4 Å². The first-order valence-electron chi connectivity index (χ1n) is 10.4. The molecule has 2 aliphatic heterocycles. The van der Waals surface area contributed by atoms with Crippen LogP contribution in [-0.4, -0.2) is 74.1 Å². The summed E-state index contributed by atoms with van der Waals surface area (Å²) in [6, 6.07) is 9.50. The van der Waals surface area contributed by atoms with Gasteiger partial charge in [-0.15, -0.1) is 0 Å². The van der Waals surface area contributed by atoms with E-state index in [1.807, 2.05) is 4.90 Å². The molecule has 0 aromatic heterocycles. The molecule has 0 spiro atoms. The number of benzene rings is 1. The number of hydrogen-bond donors (Lipinski definition) is 1. The normalized spacial score (nSPS) is 20.8. The van der Waals surface area contributed by atoms with Crippen molar-refractivity contribution in [1.29, 1.82) is 5.26 Å². The van der Waals surface area contributed by atoms with Crippen molar-refractivity contribution < 1.29 is 14.3 Å². The van der Waals surface area contributed by atoms with Gasteiger partial charge in [-0.1, -0.05) is 12.1 Å². The molecule has 0 aliphatic carbocycles. The predicted octanol–water partition coefficient (Wildman–Crippen LogP) is 1.64. The van der Waals surface area contributed by atoms with Crippen LogP contribution in [0.2, 0.25) is 0 Å². The predicted molar refractivity (Wildman–Crippen MR) is 109 cm³/mol. The molecule has 1 aromatic rings. The van der Waals surface area contributed by atoms with Crippen LogP contribution in [0.25, 0.3) is 0 Å². The van der Waals surface area contributed by atoms with E-state index in [0.717, 1.165) is 38.8 Å². The van der Waals surface area contributed by atoms with Gasteiger partial charge in [0.1, 0.15) is 0 Å². The fraction of sp³-hybridized carbons (Fsp3) is 0.591. The van der Waals surface area contributed by atoms with E-state index < -0.39 is 0 Å². The van der Waals surface area contributed by atoms with Crippen LogP contribution in [0.5, 0.6) is 0 Å². The second-order valence-electron chi connectivity index (χ2n) is 7.80. The lowest BCUT2D eigenvalue weighted by molar-refractivity contribution is -0.127. The van der Waals surface area contributed by atoms with E-state index in [1.165, 1.54) is 0 Å². The fourth-order valence-electron chi connectivity index (χ4n) is 4.34. The summed E-state index contributed by atoms with van der Waals surface area (Å²) in [5.74, 6) is 0.0879. The summed E-state index contributed by atoms with van der Waals surface area (Å²) >= 11 is 0. The van der Waals surface area contributed by atoms with Gasteiger partial charge in [0.15, 0.2) is 0 Å². The highest BCUT2D eigenvalue weighted by atomic mass is 16.5. The molecule has 1 N–H and O–H groups in total. The number of carbonyl (C=O) groups is 2. The molecule has 2 fully saturated rings. The minimum atomic E-state index is -0.0605. The minimum absolute atomic E-state index is 0.0303. The SMILES string of the molecule is COCCNC(=O)[C@@H]1CCCN(C2CCN(C(=O)c3ccccc3C#N)CC2)C1. The zero-order chi connectivity index (χ0) is 20.6. The van der Waals surface area contributed by atoms with Gasteiger partial charge in [0.05, 0.1) is 29.7 Å². The molecule has 29 heavy (non-hydrogen) atoms. The molecule has 2 amide bonds. The molecule has 0 saturated carbocycles. The molecule has 2 saturated heterocycles. The van der Waals surface area contributed by atoms with Crippen molar-refractivity contribution in [3.63, 3.8) is 0 Å². The van der Waals surface area contributed by atoms with Crippen LogP contribution in [0, 0.1) is 17.2 Å². The number of piperidine rings is 2. The van der Waals surface area contributed by atoms with Crippen LogP contribution < -0.4 is 5.32 Å². The third-order valence-electron chi connectivity index (χ3n) is 5.98. The molecule has 7 heteroatoms. The zero-order valence-electron chi connectivity index (χ0n) is 17.1. The third kappa shape index (κ3) is 5.34. The minimum Gasteiger partial charge on any atom is -0.383 e. The maximum atomic E-state index is 12.8. The lowest BCUT2D eigenvalue weighted by Crippen LogP contribution is -2.51. The van der Waals surface area contributed by atoms with Crippen LogP contribution in [0.3, 0.4) is 0 Å². The number of nitriles is 1. The van der Waals surface area contributed by atoms with E-state index in [4.69, 9.17) is 4.74 Å². The van der Waals surface area contributed by atoms with Gasteiger partial charge in [0, 0.05) is 39.3 Å². The molecule has 1 atom stereocenters. The van der Waals surface area contributed by atoms with E-state index in [9.17, 15) is 14.9 Å². The second kappa shape index (κ2) is 10.4. The molecular formula is C22H30N4O3. The molecule has 0 bridgehead atoms. The Kier molecular flexibility index (Phi) is 7.62. The number of methoxy groups -OCH3 is 1. The molecule has 0 unspecified atom stereocenters. The Morgan fingerprint density at radius 1 is 1.21 bits per heavy atom. The van der Waals surface area contributed by atoms with E-state index in [-0.39, 0.29) is 17.7 Å². The van der Waals surface area contributed by atoms with Crippen LogP contribution in [0.15, 0.2) is 24.3 Å². The first kappa shape index (κ1) is 21.3. The molecule has 7 nitrogen and oxygen atoms in total. The van der Waals surface area contributed by atoms with Crippen LogP contribution in [0.4, 0.5) is 0 Å². The van der Waals surface area contributed by atoms with E-state index in [2.05, 4.69) is 16.3 Å². The highest BCUT2D eigenvalue weighted by Gasteiger charge is 2.32. The largest absolute Gasteiger partial charge is 0.383 e. The zero-order valence-corrected chi connectivity index (χ0v) is 17.1. The molecule has 1 aromatic carbocycles. The summed E-state index contributed by atoms with van der Waals surface area (Å²) in [5, 5.41) is 12.2. The number of amides is 2. The summed E-state index contributed by atoms with van der Waals surface area (Å²) in [4.78, 5) is 29.5. The first-order valence-corrected chi connectivity index (χ1v) is 10.4. The molecular weight excluding hydrogens is 368 g/mol. The summed E-state index contributed by atoms with van der Waals surface area (Å²) in [5.41, 5.74) is 0.914. The van der Waals surface area contributed by atoms with Crippen molar-refractivity contribution in [3.05, 3.63) is 35.4 Å². The maximum absolute atomic E-state index is 12.8. The highest BCUT2D eigenvalue weighted by molar-refractivity contribution is 5.96.